The van der Waals surface area contributed by atoms with Gasteiger partial charge in [0.25, 0.3) is 0 Å². The Hall–Kier alpha value is -1.94. The fourth-order valence-electron chi connectivity index (χ4n) is 2.34. The second-order valence-corrected chi connectivity index (χ2v) is 4.73. The molecule has 1 aliphatic rings. The van der Waals surface area contributed by atoms with Crippen molar-refractivity contribution in [1.29, 1.82) is 0 Å². The molecule has 0 radical (unpaired) electrons. The van der Waals surface area contributed by atoms with Crippen molar-refractivity contribution in [3.05, 3.63) is 54.3 Å². The minimum Gasteiger partial charge on any atom is -0.326 e. The standard InChI is InChI=1S/C15H16FN3/c16-14-3-1-13(2-4-14)15-9-18-11-19(15)10-12-5-7-17-8-6-12/h1-5,9,11,17H,6-8,10H2. The Balaban J connectivity index is 1.85. The van der Waals surface area contributed by atoms with Gasteiger partial charge in [0.15, 0.2) is 0 Å². The van der Waals surface area contributed by atoms with Gasteiger partial charge in [-0.3, -0.25) is 0 Å². The number of hydrogen-bond acceptors (Lipinski definition) is 2. The average Bonchev–Trinajstić information content (AvgIpc) is 2.89. The predicted octanol–water partition coefficient (Wildman–Crippen LogP) is 2.61. The van der Waals surface area contributed by atoms with E-state index < -0.39 is 0 Å². The summed E-state index contributed by atoms with van der Waals surface area (Å²) in [5.74, 6) is -0.212. The molecule has 3 nitrogen and oxygen atoms in total. The Morgan fingerprint density at radius 2 is 2.11 bits per heavy atom. The SMILES string of the molecule is Fc1ccc(-c2cncn2CC2=CCNCC2)cc1. The van der Waals surface area contributed by atoms with Gasteiger partial charge >= 0.3 is 0 Å². The molecule has 0 saturated heterocycles. The monoisotopic (exact) mass is 257 g/mol. The van der Waals surface area contributed by atoms with Gasteiger partial charge < -0.3 is 9.88 Å². The van der Waals surface area contributed by atoms with Crippen LogP contribution in [-0.4, -0.2) is 22.6 Å². The van der Waals surface area contributed by atoms with Crippen LogP contribution in [0.4, 0.5) is 4.39 Å². The molecule has 0 atom stereocenters. The molecule has 1 N–H and O–H groups in total. The van der Waals surface area contributed by atoms with E-state index in [1.165, 1.54) is 17.7 Å². The van der Waals surface area contributed by atoms with Crippen molar-refractivity contribution in [3.63, 3.8) is 0 Å². The van der Waals surface area contributed by atoms with Crippen molar-refractivity contribution in [2.75, 3.05) is 13.1 Å². The highest BCUT2D eigenvalue weighted by Gasteiger charge is 2.08. The summed E-state index contributed by atoms with van der Waals surface area (Å²) in [6.45, 7) is 2.83. The third kappa shape index (κ3) is 2.74. The van der Waals surface area contributed by atoms with E-state index in [1.54, 1.807) is 12.1 Å². The van der Waals surface area contributed by atoms with E-state index in [-0.39, 0.29) is 5.82 Å². The third-order valence-electron chi connectivity index (χ3n) is 3.38. The zero-order chi connectivity index (χ0) is 13.1. The summed E-state index contributed by atoms with van der Waals surface area (Å²) >= 11 is 0. The number of imidazole rings is 1. The molecule has 19 heavy (non-hydrogen) atoms. The molecule has 0 spiro atoms. The molecule has 1 aliphatic heterocycles. The van der Waals surface area contributed by atoms with Gasteiger partial charge in [0, 0.05) is 13.1 Å². The molecule has 4 heteroatoms. The molecule has 1 aromatic carbocycles. The zero-order valence-corrected chi connectivity index (χ0v) is 10.6. The summed E-state index contributed by atoms with van der Waals surface area (Å²) in [7, 11) is 0. The smallest absolute Gasteiger partial charge is 0.123 e. The number of rotatable bonds is 3. The van der Waals surface area contributed by atoms with Gasteiger partial charge in [-0.05, 0) is 42.8 Å². The van der Waals surface area contributed by atoms with Crippen LogP contribution in [0.15, 0.2) is 48.4 Å². The van der Waals surface area contributed by atoms with E-state index in [0.717, 1.165) is 37.3 Å². The number of nitrogens with one attached hydrogen (secondary N) is 1. The molecule has 0 saturated carbocycles. The summed E-state index contributed by atoms with van der Waals surface area (Å²) < 4.78 is 15.1. The first-order chi connectivity index (χ1) is 9.33. The van der Waals surface area contributed by atoms with Crippen molar-refractivity contribution >= 4 is 0 Å². The summed E-state index contributed by atoms with van der Waals surface area (Å²) in [5.41, 5.74) is 3.44. The maximum absolute atomic E-state index is 13.0. The number of benzene rings is 1. The first kappa shape index (κ1) is 12.1. The number of hydrogen-bond donors (Lipinski definition) is 1. The van der Waals surface area contributed by atoms with Crippen molar-refractivity contribution in [2.45, 2.75) is 13.0 Å². The van der Waals surface area contributed by atoms with Crippen molar-refractivity contribution in [3.8, 4) is 11.3 Å². The second kappa shape index (κ2) is 5.36. The van der Waals surface area contributed by atoms with Gasteiger partial charge in [0.1, 0.15) is 5.82 Å². The Labute approximate surface area is 111 Å². The average molecular weight is 257 g/mol. The Kier molecular flexibility index (Phi) is 3.42. The zero-order valence-electron chi connectivity index (χ0n) is 10.6. The molecule has 3 rings (SSSR count). The van der Waals surface area contributed by atoms with Crippen LogP contribution < -0.4 is 5.32 Å². The Morgan fingerprint density at radius 3 is 2.84 bits per heavy atom. The van der Waals surface area contributed by atoms with E-state index in [9.17, 15) is 4.39 Å². The topological polar surface area (TPSA) is 29.9 Å². The predicted molar refractivity (Wildman–Crippen MR) is 73.2 cm³/mol. The van der Waals surface area contributed by atoms with Crippen LogP contribution in [-0.2, 0) is 6.54 Å². The van der Waals surface area contributed by atoms with E-state index in [0.29, 0.717) is 0 Å². The molecule has 0 amide bonds. The minimum atomic E-state index is -0.212. The van der Waals surface area contributed by atoms with Crippen LogP contribution in [0.25, 0.3) is 11.3 Å². The lowest BCUT2D eigenvalue weighted by Gasteiger charge is -2.16. The molecule has 0 unspecified atom stereocenters. The largest absolute Gasteiger partial charge is 0.326 e. The highest BCUT2D eigenvalue weighted by atomic mass is 19.1. The van der Waals surface area contributed by atoms with E-state index >= 15 is 0 Å². The van der Waals surface area contributed by atoms with Crippen molar-refractivity contribution in [2.24, 2.45) is 0 Å². The van der Waals surface area contributed by atoms with Crippen LogP contribution in [0.5, 0.6) is 0 Å². The molecular formula is C15H16FN3. The quantitative estimate of drug-likeness (QED) is 0.857. The fourth-order valence-corrected chi connectivity index (χ4v) is 2.34. The second-order valence-electron chi connectivity index (χ2n) is 4.73. The first-order valence-corrected chi connectivity index (χ1v) is 6.47. The lowest BCUT2D eigenvalue weighted by atomic mass is 10.1. The maximum Gasteiger partial charge on any atom is 0.123 e. The fraction of sp³-hybridized carbons (Fsp3) is 0.267. The van der Waals surface area contributed by atoms with Crippen molar-refractivity contribution in [1.82, 2.24) is 14.9 Å². The molecule has 0 fully saturated rings. The van der Waals surface area contributed by atoms with Gasteiger partial charge in [-0.15, -0.1) is 0 Å². The summed E-state index contributed by atoms with van der Waals surface area (Å²) in [4.78, 5) is 4.21. The Morgan fingerprint density at radius 1 is 1.26 bits per heavy atom. The minimum absolute atomic E-state index is 0.212. The first-order valence-electron chi connectivity index (χ1n) is 6.47. The highest BCUT2D eigenvalue weighted by molar-refractivity contribution is 5.58. The van der Waals surface area contributed by atoms with E-state index in [1.807, 2.05) is 12.5 Å². The van der Waals surface area contributed by atoms with Crippen LogP contribution >= 0.6 is 0 Å². The molecule has 98 valence electrons. The van der Waals surface area contributed by atoms with Gasteiger partial charge in [-0.2, -0.15) is 0 Å². The molecule has 2 heterocycles. The molecular weight excluding hydrogens is 241 g/mol. The molecule has 0 bridgehead atoms. The summed E-state index contributed by atoms with van der Waals surface area (Å²) in [6, 6.07) is 6.55. The maximum atomic E-state index is 13.0. The number of nitrogens with zero attached hydrogens (tertiary/aromatic N) is 2. The number of aromatic nitrogens is 2. The van der Waals surface area contributed by atoms with Crippen LogP contribution in [0, 0.1) is 5.82 Å². The van der Waals surface area contributed by atoms with Gasteiger partial charge in [-0.25, -0.2) is 9.37 Å². The molecule has 1 aromatic heterocycles. The lowest BCUT2D eigenvalue weighted by Crippen LogP contribution is -2.22. The van der Waals surface area contributed by atoms with Gasteiger partial charge in [-0.1, -0.05) is 11.6 Å². The molecule has 2 aromatic rings. The van der Waals surface area contributed by atoms with Crippen LogP contribution in [0.1, 0.15) is 6.42 Å². The Bertz CT molecular complexity index is 584. The van der Waals surface area contributed by atoms with E-state index in [4.69, 9.17) is 0 Å². The normalized spacial score (nSPS) is 15.3. The van der Waals surface area contributed by atoms with Gasteiger partial charge in [0.05, 0.1) is 18.2 Å². The van der Waals surface area contributed by atoms with Crippen LogP contribution in [0.3, 0.4) is 0 Å². The number of halogens is 1. The molecule has 0 aliphatic carbocycles. The van der Waals surface area contributed by atoms with Crippen molar-refractivity contribution < 1.29 is 4.39 Å². The van der Waals surface area contributed by atoms with E-state index in [2.05, 4.69) is 20.9 Å². The third-order valence-corrected chi connectivity index (χ3v) is 3.38. The summed E-state index contributed by atoms with van der Waals surface area (Å²) in [5, 5.41) is 3.30. The summed E-state index contributed by atoms with van der Waals surface area (Å²) in [6.07, 6.45) is 6.97. The highest BCUT2D eigenvalue weighted by Crippen LogP contribution is 2.21. The lowest BCUT2D eigenvalue weighted by molar-refractivity contribution is 0.627. The van der Waals surface area contributed by atoms with Crippen LogP contribution in [0.2, 0.25) is 0 Å². The van der Waals surface area contributed by atoms with Gasteiger partial charge in [0.2, 0.25) is 0 Å².